The van der Waals surface area contributed by atoms with Crippen LogP contribution in [0.2, 0.25) is 0 Å². The zero-order valence-corrected chi connectivity index (χ0v) is 16.4. The van der Waals surface area contributed by atoms with Crippen LogP contribution < -0.4 is 10.3 Å². The quantitative estimate of drug-likeness (QED) is 0.309. The fourth-order valence-corrected chi connectivity index (χ4v) is 3.41. The smallest absolute Gasteiger partial charge is 0.311 e. The van der Waals surface area contributed by atoms with E-state index >= 15 is 0 Å². The Balaban J connectivity index is 1.65. The summed E-state index contributed by atoms with van der Waals surface area (Å²) in [6.45, 7) is 2.18. The van der Waals surface area contributed by atoms with Gasteiger partial charge in [-0.05, 0) is 47.6 Å². The SMILES string of the molecule is CCCCCCCC(=O)Oc1cccc(Cc2c[nH]c(=O)c3ccccc23)c1. The maximum Gasteiger partial charge on any atom is 0.311 e. The third kappa shape index (κ3) is 5.32. The molecule has 3 rings (SSSR count). The van der Waals surface area contributed by atoms with Crippen LogP contribution in [-0.2, 0) is 11.2 Å². The fraction of sp³-hybridized carbons (Fsp3) is 0.333. The lowest BCUT2D eigenvalue weighted by Crippen LogP contribution is -2.08. The van der Waals surface area contributed by atoms with Crippen LogP contribution in [-0.4, -0.2) is 11.0 Å². The first-order valence-electron chi connectivity index (χ1n) is 10.1. The molecule has 1 heterocycles. The summed E-state index contributed by atoms with van der Waals surface area (Å²) in [6.07, 6.45) is 8.41. The molecule has 0 spiro atoms. The number of rotatable bonds is 9. The van der Waals surface area contributed by atoms with Gasteiger partial charge in [-0.3, -0.25) is 9.59 Å². The number of esters is 1. The number of hydrogen-bond donors (Lipinski definition) is 1. The summed E-state index contributed by atoms with van der Waals surface area (Å²) in [6, 6.07) is 15.2. The van der Waals surface area contributed by atoms with Gasteiger partial charge in [0.15, 0.2) is 0 Å². The Bertz CT molecular complexity index is 990. The van der Waals surface area contributed by atoms with E-state index in [1.165, 1.54) is 19.3 Å². The van der Waals surface area contributed by atoms with Crippen LogP contribution in [0.5, 0.6) is 5.75 Å². The second-order valence-electron chi connectivity index (χ2n) is 7.15. The topological polar surface area (TPSA) is 59.2 Å². The van der Waals surface area contributed by atoms with Gasteiger partial charge in [0.2, 0.25) is 0 Å². The third-order valence-corrected chi connectivity index (χ3v) is 4.90. The minimum atomic E-state index is -0.178. The average molecular weight is 377 g/mol. The summed E-state index contributed by atoms with van der Waals surface area (Å²) in [5.74, 6) is 0.396. The molecule has 0 aliphatic heterocycles. The molecule has 0 unspecified atom stereocenters. The van der Waals surface area contributed by atoms with Crippen molar-refractivity contribution in [2.75, 3.05) is 0 Å². The Morgan fingerprint density at radius 3 is 2.57 bits per heavy atom. The first-order chi connectivity index (χ1) is 13.7. The third-order valence-electron chi connectivity index (χ3n) is 4.90. The minimum absolute atomic E-state index is 0.0824. The van der Waals surface area contributed by atoms with E-state index in [-0.39, 0.29) is 11.5 Å². The van der Waals surface area contributed by atoms with E-state index < -0.39 is 0 Å². The van der Waals surface area contributed by atoms with E-state index in [0.29, 0.717) is 24.0 Å². The van der Waals surface area contributed by atoms with E-state index in [1.54, 1.807) is 6.20 Å². The van der Waals surface area contributed by atoms with Crippen molar-refractivity contribution in [3.05, 3.63) is 76.2 Å². The molecule has 0 saturated heterocycles. The number of benzene rings is 2. The number of H-pyrrole nitrogens is 1. The molecule has 0 saturated carbocycles. The summed E-state index contributed by atoms with van der Waals surface area (Å²) < 4.78 is 5.51. The van der Waals surface area contributed by atoms with Crippen LogP contribution in [0.15, 0.2) is 59.5 Å². The van der Waals surface area contributed by atoms with Gasteiger partial charge in [0.25, 0.3) is 5.56 Å². The maximum absolute atomic E-state index is 12.1. The highest BCUT2D eigenvalue weighted by Gasteiger charge is 2.08. The zero-order valence-electron chi connectivity index (χ0n) is 16.4. The van der Waals surface area contributed by atoms with Crippen LogP contribution in [0, 0.1) is 0 Å². The minimum Gasteiger partial charge on any atom is -0.427 e. The number of pyridine rings is 1. The maximum atomic E-state index is 12.1. The van der Waals surface area contributed by atoms with Gasteiger partial charge in [0.1, 0.15) is 5.75 Å². The van der Waals surface area contributed by atoms with Gasteiger partial charge in [-0.25, -0.2) is 0 Å². The average Bonchev–Trinajstić information content (AvgIpc) is 2.70. The molecule has 3 aromatic rings. The largest absolute Gasteiger partial charge is 0.427 e. The van der Waals surface area contributed by atoms with Crippen molar-refractivity contribution in [1.82, 2.24) is 4.98 Å². The van der Waals surface area contributed by atoms with E-state index in [4.69, 9.17) is 4.74 Å². The van der Waals surface area contributed by atoms with Gasteiger partial charge in [-0.2, -0.15) is 0 Å². The van der Waals surface area contributed by atoms with E-state index in [2.05, 4.69) is 11.9 Å². The van der Waals surface area contributed by atoms with Gasteiger partial charge in [-0.1, -0.05) is 62.9 Å². The summed E-state index contributed by atoms with van der Waals surface area (Å²) in [5, 5.41) is 1.63. The monoisotopic (exact) mass is 377 g/mol. The van der Waals surface area contributed by atoms with Crippen molar-refractivity contribution < 1.29 is 9.53 Å². The molecule has 0 aliphatic carbocycles. The molecule has 28 heavy (non-hydrogen) atoms. The van der Waals surface area contributed by atoms with Crippen molar-refractivity contribution in [2.45, 2.75) is 51.9 Å². The number of carbonyl (C=O) groups excluding carboxylic acids is 1. The number of unbranched alkanes of at least 4 members (excludes halogenated alkanes) is 4. The Labute approximate surface area is 165 Å². The Morgan fingerprint density at radius 2 is 1.75 bits per heavy atom. The number of aromatic nitrogens is 1. The molecular formula is C24H27NO3. The van der Waals surface area contributed by atoms with Crippen LogP contribution >= 0.6 is 0 Å². The zero-order chi connectivity index (χ0) is 19.8. The van der Waals surface area contributed by atoms with Crippen molar-refractivity contribution in [1.29, 1.82) is 0 Å². The van der Waals surface area contributed by atoms with Crippen LogP contribution in [0.4, 0.5) is 0 Å². The number of hydrogen-bond acceptors (Lipinski definition) is 3. The molecule has 4 nitrogen and oxygen atoms in total. The lowest BCUT2D eigenvalue weighted by atomic mass is 10.0. The predicted octanol–water partition coefficient (Wildman–Crippen LogP) is 5.38. The van der Waals surface area contributed by atoms with Crippen molar-refractivity contribution in [3.63, 3.8) is 0 Å². The molecule has 2 aromatic carbocycles. The van der Waals surface area contributed by atoms with E-state index in [9.17, 15) is 9.59 Å². The molecule has 1 aromatic heterocycles. The molecule has 0 atom stereocenters. The fourth-order valence-electron chi connectivity index (χ4n) is 3.41. The number of ether oxygens (including phenoxy) is 1. The highest BCUT2D eigenvalue weighted by Crippen LogP contribution is 2.21. The van der Waals surface area contributed by atoms with Crippen LogP contribution in [0.25, 0.3) is 10.8 Å². The predicted molar refractivity (Wildman–Crippen MR) is 113 cm³/mol. The van der Waals surface area contributed by atoms with Gasteiger partial charge >= 0.3 is 5.97 Å². The molecule has 0 radical (unpaired) electrons. The molecule has 0 aliphatic rings. The second-order valence-corrected chi connectivity index (χ2v) is 7.15. The second kappa shape index (κ2) is 9.88. The number of carbonyl (C=O) groups is 1. The molecular weight excluding hydrogens is 350 g/mol. The molecule has 146 valence electrons. The first kappa shape index (κ1) is 19.9. The van der Waals surface area contributed by atoms with Crippen molar-refractivity contribution >= 4 is 16.7 Å². The number of aromatic amines is 1. The Morgan fingerprint density at radius 1 is 0.964 bits per heavy atom. The summed E-state index contributed by atoms with van der Waals surface area (Å²) in [4.78, 5) is 26.9. The van der Waals surface area contributed by atoms with Crippen molar-refractivity contribution in [2.24, 2.45) is 0 Å². The molecule has 4 heteroatoms. The lowest BCUT2D eigenvalue weighted by molar-refractivity contribution is -0.134. The molecule has 0 amide bonds. The normalized spacial score (nSPS) is 10.9. The van der Waals surface area contributed by atoms with Gasteiger partial charge < -0.3 is 9.72 Å². The van der Waals surface area contributed by atoms with E-state index in [1.807, 2.05) is 48.5 Å². The Hall–Kier alpha value is -2.88. The van der Waals surface area contributed by atoms with Gasteiger partial charge in [-0.15, -0.1) is 0 Å². The first-order valence-corrected chi connectivity index (χ1v) is 10.1. The Kier molecular flexibility index (Phi) is 7.01. The molecule has 0 bridgehead atoms. The lowest BCUT2D eigenvalue weighted by Gasteiger charge is -2.09. The standard InChI is InChI=1S/C24H27NO3/c1-2-3-4-5-6-14-23(26)28-20-11-9-10-18(16-20)15-19-17-25-24(27)22-13-8-7-12-21(19)22/h7-13,16-17H,2-6,14-15H2,1H3,(H,25,27). The summed E-state index contributed by atoms with van der Waals surface area (Å²) in [7, 11) is 0. The molecule has 1 N–H and O–H groups in total. The summed E-state index contributed by atoms with van der Waals surface area (Å²) >= 11 is 0. The highest BCUT2D eigenvalue weighted by molar-refractivity contribution is 5.84. The number of nitrogens with one attached hydrogen (secondary N) is 1. The van der Waals surface area contributed by atoms with Gasteiger partial charge in [0.05, 0.1) is 0 Å². The van der Waals surface area contributed by atoms with Crippen LogP contribution in [0.3, 0.4) is 0 Å². The summed E-state index contributed by atoms with van der Waals surface area (Å²) in [5.41, 5.74) is 1.99. The number of fused-ring (bicyclic) bond motifs is 1. The van der Waals surface area contributed by atoms with E-state index in [0.717, 1.165) is 29.4 Å². The van der Waals surface area contributed by atoms with Gasteiger partial charge in [0, 0.05) is 18.0 Å². The van der Waals surface area contributed by atoms with Crippen LogP contribution in [0.1, 0.15) is 56.6 Å². The highest BCUT2D eigenvalue weighted by atomic mass is 16.5. The molecule has 0 fully saturated rings. The van der Waals surface area contributed by atoms with Crippen molar-refractivity contribution in [3.8, 4) is 5.75 Å².